The van der Waals surface area contributed by atoms with Gasteiger partial charge < -0.3 is 35.5 Å². The second-order valence-corrected chi connectivity index (χ2v) is 11.8. The molecule has 3 fully saturated rings. The van der Waals surface area contributed by atoms with Crippen LogP contribution in [0.4, 0.5) is 0 Å². The summed E-state index contributed by atoms with van der Waals surface area (Å²) in [5, 5.41) is 5.60. The van der Waals surface area contributed by atoms with Crippen molar-refractivity contribution in [1.29, 1.82) is 0 Å². The van der Waals surface area contributed by atoms with E-state index in [9.17, 15) is 19.2 Å². The number of rotatable bonds is 11. The molecule has 0 spiro atoms. The van der Waals surface area contributed by atoms with Gasteiger partial charge in [0.25, 0.3) is 0 Å². The van der Waals surface area contributed by atoms with Crippen LogP contribution >= 0.6 is 0 Å². The number of nitrogens with one attached hydrogen (secondary N) is 2. The van der Waals surface area contributed by atoms with Crippen molar-refractivity contribution in [3.05, 3.63) is 17.7 Å². The predicted octanol–water partition coefficient (Wildman–Crippen LogP) is 2.79. The van der Waals surface area contributed by atoms with Crippen LogP contribution in [0.25, 0.3) is 0 Å². The van der Waals surface area contributed by atoms with E-state index in [-0.39, 0.29) is 24.3 Å². The fourth-order valence-corrected chi connectivity index (χ4v) is 7.05. The lowest BCUT2D eigenvalue weighted by atomic mass is 9.75. The molecular formula is C31H46N4O7. The third-order valence-electron chi connectivity index (χ3n) is 9.20. The average Bonchev–Trinajstić information content (AvgIpc) is 3.49. The van der Waals surface area contributed by atoms with Gasteiger partial charge >= 0.3 is 0 Å². The molecular weight excluding hydrogens is 540 g/mol. The lowest BCUT2D eigenvalue weighted by molar-refractivity contribution is -0.146. The lowest BCUT2D eigenvalue weighted by Crippen LogP contribution is -2.62. The topological polar surface area (TPSA) is 149 Å². The summed E-state index contributed by atoms with van der Waals surface area (Å²) < 4.78 is 16.8. The third kappa shape index (κ3) is 6.76. The molecule has 0 radical (unpaired) electrons. The minimum atomic E-state index is -1.11. The Morgan fingerprint density at radius 2 is 1.52 bits per heavy atom. The first-order valence-electron chi connectivity index (χ1n) is 15.2. The van der Waals surface area contributed by atoms with Gasteiger partial charge in [0.1, 0.15) is 11.6 Å². The van der Waals surface area contributed by atoms with E-state index in [0.717, 1.165) is 63.4 Å². The van der Waals surface area contributed by atoms with Gasteiger partial charge in [0.2, 0.25) is 29.4 Å². The summed E-state index contributed by atoms with van der Waals surface area (Å²) in [6.45, 7) is 0.174. The van der Waals surface area contributed by atoms with Gasteiger partial charge in [0, 0.05) is 6.54 Å². The summed E-state index contributed by atoms with van der Waals surface area (Å²) in [7, 11) is 4.66. The zero-order valence-electron chi connectivity index (χ0n) is 25.2. The maximum atomic E-state index is 14.6. The summed E-state index contributed by atoms with van der Waals surface area (Å²) in [5.74, 6) is -0.401. The van der Waals surface area contributed by atoms with E-state index in [1.807, 2.05) is 12.1 Å². The molecule has 2 aliphatic carbocycles. The average molecular weight is 587 g/mol. The van der Waals surface area contributed by atoms with E-state index in [1.54, 1.807) is 26.2 Å². The molecule has 4 rings (SSSR count). The number of benzene rings is 1. The highest BCUT2D eigenvalue weighted by Gasteiger charge is 2.46. The maximum absolute atomic E-state index is 14.6. The van der Waals surface area contributed by atoms with Crippen LogP contribution in [-0.2, 0) is 19.2 Å². The van der Waals surface area contributed by atoms with Crippen LogP contribution in [0.3, 0.4) is 0 Å². The van der Waals surface area contributed by atoms with E-state index in [1.165, 1.54) is 0 Å². The number of hydrogen-bond acceptors (Lipinski definition) is 7. The normalized spacial score (nSPS) is 21.2. The van der Waals surface area contributed by atoms with Gasteiger partial charge in [0.15, 0.2) is 11.5 Å². The molecule has 1 unspecified atom stereocenters. The second kappa shape index (κ2) is 14.1. The minimum absolute atomic E-state index is 0.0883. The second-order valence-electron chi connectivity index (χ2n) is 11.8. The number of ether oxygens (including phenoxy) is 3. The molecule has 11 heteroatoms. The molecule has 0 aromatic heterocycles. The zero-order chi connectivity index (χ0) is 30.3. The highest BCUT2D eigenvalue weighted by molar-refractivity contribution is 5.97. The van der Waals surface area contributed by atoms with Gasteiger partial charge in [-0.2, -0.15) is 0 Å². The van der Waals surface area contributed by atoms with E-state index in [4.69, 9.17) is 19.9 Å². The molecule has 1 aliphatic heterocycles. The number of hydrogen-bond donors (Lipinski definition) is 3. The van der Waals surface area contributed by atoms with Crippen molar-refractivity contribution >= 4 is 23.6 Å². The Morgan fingerprint density at radius 3 is 2.10 bits per heavy atom. The molecule has 1 aromatic rings. The van der Waals surface area contributed by atoms with E-state index in [2.05, 4.69) is 10.6 Å². The van der Waals surface area contributed by atoms with Gasteiger partial charge in [0.05, 0.1) is 33.8 Å². The summed E-state index contributed by atoms with van der Waals surface area (Å²) in [6.07, 6.45) is 9.70. The molecule has 1 heterocycles. The number of carbonyl (C=O) groups is 4. The number of likely N-dealkylation sites (tertiary alicyclic amines) is 1. The highest BCUT2D eigenvalue weighted by atomic mass is 16.5. The Kier molecular flexibility index (Phi) is 10.6. The molecule has 11 nitrogen and oxygen atoms in total. The van der Waals surface area contributed by atoms with Crippen LogP contribution < -0.4 is 30.6 Å². The Hall–Kier alpha value is -3.50. The largest absolute Gasteiger partial charge is 0.493 e. The summed E-state index contributed by atoms with van der Waals surface area (Å²) >= 11 is 0. The highest BCUT2D eigenvalue weighted by Crippen LogP contribution is 2.45. The zero-order valence-corrected chi connectivity index (χ0v) is 25.2. The molecule has 2 saturated carbocycles. The Labute approximate surface area is 248 Å². The number of methoxy groups -OCH3 is 3. The van der Waals surface area contributed by atoms with Crippen molar-refractivity contribution in [3.8, 4) is 17.2 Å². The summed E-state index contributed by atoms with van der Waals surface area (Å²) in [5.41, 5.74) is 4.90. The van der Waals surface area contributed by atoms with Gasteiger partial charge in [-0.25, -0.2) is 0 Å². The number of piperidine rings is 1. The van der Waals surface area contributed by atoms with E-state index in [0.29, 0.717) is 43.1 Å². The number of primary amides is 1. The van der Waals surface area contributed by atoms with Crippen LogP contribution in [0.1, 0.15) is 88.5 Å². The van der Waals surface area contributed by atoms with Gasteiger partial charge in [-0.15, -0.1) is 0 Å². The van der Waals surface area contributed by atoms with Crippen molar-refractivity contribution in [2.75, 3.05) is 34.4 Å². The monoisotopic (exact) mass is 586 g/mol. The molecule has 1 aromatic carbocycles. The molecule has 2 atom stereocenters. The van der Waals surface area contributed by atoms with Gasteiger partial charge in [-0.05, 0) is 68.6 Å². The quantitative estimate of drug-likeness (QED) is 0.361. The summed E-state index contributed by atoms with van der Waals surface area (Å²) in [4.78, 5) is 54.6. The molecule has 1 saturated heterocycles. The van der Waals surface area contributed by atoms with Crippen LogP contribution in [-0.4, -0.2) is 74.5 Å². The van der Waals surface area contributed by atoms with Gasteiger partial charge in [-0.1, -0.05) is 32.1 Å². The maximum Gasteiger partial charge on any atom is 0.246 e. The number of nitrogens with zero attached hydrogens (tertiary/aromatic N) is 1. The number of nitrogens with two attached hydrogens (primary N) is 1. The lowest BCUT2D eigenvalue weighted by Gasteiger charge is -2.41. The number of amides is 4. The van der Waals surface area contributed by atoms with Crippen molar-refractivity contribution in [2.45, 2.75) is 94.5 Å². The minimum Gasteiger partial charge on any atom is -0.493 e. The van der Waals surface area contributed by atoms with Crippen LogP contribution in [0.15, 0.2) is 12.1 Å². The Bertz CT molecular complexity index is 1120. The first-order valence-corrected chi connectivity index (χ1v) is 15.2. The molecule has 4 N–H and O–H groups in total. The van der Waals surface area contributed by atoms with Crippen molar-refractivity contribution < 1.29 is 33.4 Å². The van der Waals surface area contributed by atoms with E-state index < -0.39 is 29.3 Å². The van der Waals surface area contributed by atoms with Crippen molar-refractivity contribution in [3.63, 3.8) is 0 Å². The van der Waals surface area contributed by atoms with Crippen molar-refractivity contribution in [1.82, 2.24) is 15.5 Å². The van der Waals surface area contributed by atoms with Crippen LogP contribution in [0.2, 0.25) is 0 Å². The molecule has 42 heavy (non-hydrogen) atoms. The standard InChI is InChI=1S/C31H46N4O7/c1-40-23-17-21(18-24(41-2)27(23)42-3)26(20-11-5-4-6-12-20)29(38)35-16-10-7-13-22(35)28(37)34-31(14-8-9-15-31)30(39)33-19-25(32)36/h17-18,20,22,26H,4-16,19H2,1-3H3,(H2,32,36)(H,33,39)(H,34,37)/t22-,26?/m0/s1. The predicted molar refractivity (Wildman–Crippen MR) is 156 cm³/mol. The molecule has 4 amide bonds. The molecule has 3 aliphatic rings. The SMILES string of the molecule is COc1cc(C(C(=O)N2CCCC[C@H]2C(=O)NC2(C(=O)NCC(N)=O)CCCC2)C2CCCCC2)cc(OC)c1OC. The van der Waals surface area contributed by atoms with Crippen molar-refractivity contribution in [2.24, 2.45) is 11.7 Å². The van der Waals surface area contributed by atoms with Crippen LogP contribution in [0.5, 0.6) is 17.2 Å². The Balaban J connectivity index is 1.65. The molecule has 0 bridgehead atoms. The summed E-state index contributed by atoms with van der Waals surface area (Å²) in [6, 6.07) is 3.02. The fourth-order valence-electron chi connectivity index (χ4n) is 7.05. The van der Waals surface area contributed by atoms with Crippen LogP contribution in [0, 0.1) is 5.92 Å². The Morgan fingerprint density at radius 1 is 0.905 bits per heavy atom. The van der Waals surface area contributed by atoms with E-state index >= 15 is 0 Å². The first-order chi connectivity index (χ1) is 20.2. The van der Waals surface area contributed by atoms with Gasteiger partial charge in [-0.3, -0.25) is 19.2 Å². The smallest absolute Gasteiger partial charge is 0.246 e. The molecule has 232 valence electrons. The fraction of sp³-hybridized carbons (Fsp3) is 0.677. The first kappa shape index (κ1) is 31.4. The third-order valence-corrected chi connectivity index (χ3v) is 9.20. The number of carbonyl (C=O) groups excluding carboxylic acids is 4.